The number of fused-ring (bicyclic) bond motifs is 1. The molecule has 0 atom stereocenters. The third-order valence-corrected chi connectivity index (χ3v) is 3.58. The highest BCUT2D eigenvalue weighted by Crippen LogP contribution is 2.30. The first-order valence-corrected chi connectivity index (χ1v) is 7.18. The van der Waals surface area contributed by atoms with Crippen LogP contribution in [0.3, 0.4) is 0 Å². The van der Waals surface area contributed by atoms with E-state index in [4.69, 9.17) is 0 Å². The first kappa shape index (κ1) is 14.3. The minimum Gasteiger partial charge on any atom is -0.379 e. The molecule has 1 aromatic heterocycles. The van der Waals surface area contributed by atoms with E-state index < -0.39 is 0 Å². The van der Waals surface area contributed by atoms with Crippen molar-refractivity contribution in [3.63, 3.8) is 0 Å². The van der Waals surface area contributed by atoms with Crippen molar-refractivity contribution < 1.29 is 4.39 Å². The Labute approximate surface area is 129 Å². The van der Waals surface area contributed by atoms with Gasteiger partial charge in [0.2, 0.25) is 0 Å². The molecular formula is C18H18FN3. The van der Waals surface area contributed by atoms with Gasteiger partial charge in [0.15, 0.2) is 0 Å². The summed E-state index contributed by atoms with van der Waals surface area (Å²) in [4.78, 5) is 6.35. The molecule has 3 rings (SSSR count). The van der Waals surface area contributed by atoms with Crippen LogP contribution in [-0.4, -0.2) is 19.1 Å². The molecule has 0 fully saturated rings. The lowest BCUT2D eigenvalue weighted by atomic mass is 10.1. The van der Waals surface area contributed by atoms with Gasteiger partial charge in [-0.25, -0.2) is 9.37 Å². The molecule has 0 aliphatic heterocycles. The van der Waals surface area contributed by atoms with E-state index in [0.29, 0.717) is 6.54 Å². The van der Waals surface area contributed by atoms with Crippen molar-refractivity contribution in [3.05, 3.63) is 66.1 Å². The van der Waals surface area contributed by atoms with Gasteiger partial charge < -0.3 is 10.2 Å². The fraction of sp³-hybridized carbons (Fsp3) is 0.167. The highest BCUT2D eigenvalue weighted by Gasteiger charge is 2.10. The molecule has 2 aromatic carbocycles. The minimum atomic E-state index is -0.252. The Morgan fingerprint density at radius 3 is 2.55 bits per heavy atom. The van der Waals surface area contributed by atoms with E-state index in [2.05, 4.69) is 22.4 Å². The number of benzene rings is 2. The van der Waals surface area contributed by atoms with Gasteiger partial charge in [-0.2, -0.15) is 0 Å². The molecule has 0 unspecified atom stereocenters. The molecule has 0 aliphatic carbocycles. The van der Waals surface area contributed by atoms with E-state index in [9.17, 15) is 4.39 Å². The standard InChI is InChI=1S/C18H18FN3/c1-22(2)18-16-10-14(19)8-9-15(16)17(12-21-18)20-11-13-6-4-3-5-7-13/h3-10,12,20H,11H2,1-2H3. The number of rotatable bonds is 4. The van der Waals surface area contributed by atoms with Crippen LogP contribution in [0.1, 0.15) is 5.56 Å². The van der Waals surface area contributed by atoms with Crippen LogP contribution < -0.4 is 10.2 Å². The third kappa shape index (κ3) is 2.86. The zero-order chi connectivity index (χ0) is 15.5. The normalized spacial score (nSPS) is 10.7. The maximum atomic E-state index is 13.6. The van der Waals surface area contributed by atoms with Crippen LogP contribution in [0.5, 0.6) is 0 Å². The molecule has 0 aliphatic rings. The maximum Gasteiger partial charge on any atom is 0.136 e. The van der Waals surface area contributed by atoms with Crippen molar-refractivity contribution in [2.24, 2.45) is 0 Å². The first-order chi connectivity index (χ1) is 10.6. The SMILES string of the molecule is CN(C)c1ncc(NCc2ccccc2)c2ccc(F)cc12. The van der Waals surface area contributed by atoms with Gasteiger partial charge in [-0.3, -0.25) is 0 Å². The predicted octanol–water partition coefficient (Wildman–Crippen LogP) is 4.05. The van der Waals surface area contributed by atoms with E-state index in [-0.39, 0.29) is 5.82 Å². The maximum absolute atomic E-state index is 13.6. The fourth-order valence-corrected chi connectivity index (χ4v) is 2.49. The number of nitrogens with zero attached hydrogens (tertiary/aromatic N) is 2. The molecule has 0 bridgehead atoms. The van der Waals surface area contributed by atoms with Crippen molar-refractivity contribution in [1.29, 1.82) is 0 Å². The van der Waals surface area contributed by atoms with Gasteiger partial charge in [-0.05, 0) is 23.8 Å². The lowest BCUT2D eigenvalue weighted by Gasteiger charge is -2.17. The Hall–Kier alpha value is -2.62. The van der Waals surface area contributed by atoms with Gasteiger partial charge in [0.25, 0.3) is 0 Å². The Morgan fingerprint density at radius 2 is 1.82 bits per heavy atom. The van der Waals surface area contributed by atoms with Crippen molar-refractivity contribution in [1.82, 2.24) is 4.98 Å². The van der Waals surface area contributed by atoms with Crippen LogP contribution in [0.15, 0.2) is 54.7 Å². The second-order valence-electron chi connectivity index (χ2n) is 5.42. The monoisotopic (exact) mass is 295 g/mol. The van der Waals surface area contributed by atoms with Crippen molar-refractivity contribution in [3.8, 4) is 0 Å². The summed E-state index contributed by atoms with van der Waals surface area (Å²) < 4.78 is 13.6. The van der Waals surface area contributed by atoms with Gasteiger partial charge in [0.1, 0.15) is 11.6 Å². The van der Waals surface area contributed by atoms with Gasteiger partial charge in [-0.1, -0.05) is 30.3 Å². The number of pyridine rings is 1. The van der Waals surface area contributed by atoms with Crippen LogP contribution in [0.4, 0.5) is 15.9 Å². The summed E-state index contributed by atoms with van der Waals surface area (Å²) in [5.41, 5.74) is 2.10. The summed E-state index contributed by atoms with van der Waals surface area (Å²) in [6.45, 7) is 0.705. The molecule has 0 saturated heterocycles. The number of hydrogen-bond acceptors (Lipinski definition) is 3. The Kier molecular flexibility index (Phi) is 3.92. The fourth-order valence-electron chi connectivity index (χ4n) is 2.49. The molecule has 22 heavy (non-hydrogen) atoms. The molecule has 0 radical (unpaired) electrons. The zero-order valence-electron chi connectivity index (χ0n) is 12.7. The van der Waals surface area contributed by atoms with E-state index >= 15 is 0 Å². The summed E-state index contributed by atoms with van der Waals surface area (Å²) in [6, 6.07) is 15.0. The third-order valence-electron chi connectivity index (χ3n) is 3.58. The molecule has 1 N–H and O–H groups in total. The van der Waals surface area contributed by atoms with Crippen LogP contribution in [0, 0.1) is 5.82 Å². The summed E-state index contributed by atoms with van der Waals surface area (Å²) in [6.07, 6.45) is 1.80. The predicted molar refractivity (Wildman–Crippen MR) is 89.8 cm³/mol. The summed E-state index contributed by atoms with van der Waals surface area (Å²) in [5, 5.41) is 5.16. The van der Waals surface area contributed by atoms with E-state index in [1.54, 1.807) is 12.3 Å². The highest BCUT2D eigenvalue weighted by atomic mass is 19.1. The average molecular weight is 295 g/mol. The number of nitrogens with one attached hydrogen (secondary N) is 1. The molecule has 4 heteroatoms. The number of anilines is 2. The largest absolute Gasteiger partial charge is 0.379 e. The lowest BCUT2D eigenvalue weighted by molar-refractivity contribution is 0.629. The van der Waals surface area contributed by atoms with E-state index in [1.807, 2.05) is 37.2 Å². The topological polar surface area (TPSA) is 28.2 Å². The molecular weight excluding hydrogens is 277 g/mol. The molecule has 0 spiro atoms. The van der Waals surface area contributed by atoms with Crippen LogP contribution in [0.25, 0.3) is 10.8 Å². The highest BCUT2D eigenvalue weighted by molar-refractivity contribution is 6.00. The zero-order valence-corrected chi connectivity index (χ0v) is 12.7. The minimum absolute atomic E-state index is 0.252. The van der Waals surface area contributed by atoms with Crippen molar-refractivity contribution in [2.45, 2.75) is 6.54 Å². The van der Waals surface area contributed by atoms with Crippen molar-refractivity contribution >= 4 is 22.3 Å². The Balaban J connectivity index is 1.98. The molecule has 0 saturated carbocycles. The number of aromatic nitrogens is 1. The van der Waals surface area contributed by atoms with Gasteiger partial charge in [-0.15, -0.1) is 0 Å². The number of hydrogen-bond donors (Lipinski definition) is 1. The van der Waals surface area contributed by atoms with Crippen LogP contribution in [0.2, 0.25) is 0 Å². The lowest BCUT2D eigenvalue weighted by Crippen LogP contribution is -2.12. The van der Waals surface area contributed by atoms with Crippen LogP contribution >= 0.6 is 0 Å². The van der Waals surface area contributed by atoms with E-state index in [1.165, 1.54) is 17.7 Å². The smallest absolute Gasteiger partial charge is 0.136 e. The molecule has 112 valence electrons. The molecule has 3 aromatic rings. The Morgan fingerprint density at radius 1 is 1.05 bits per heavy atom. The van der Waals surface area contributed by atoms with Gasteiger partial charge in [0.05, 0.1) is 11.9 Å². The summed E-state index contributed by atoms with van der Waals surface area (Å²) >= 11 is 0. The second-order valence-corrected chi connectivity index (χ2v) is 5.42. The number of halogens is 1. The molecule has 0 amide bonds. The summed E-state index contributed by atoms with van der Waals surface area (Å²) in [5.74, 6) is 0.511. The first-order valence-electron chi connectivity index (χ1n) is 7.18. The quantitative estimate of drug-likeness (QED) is 0.787. The van der Waals surface area contributed by atoms with E-state index in [0.717, 1.165) is 22.3 Å². The van der Waals surface area contributed by atoms with Gasteiger partial charge >= 0.3 is 0 Å². The Bertz CT molecular complexity index is 785. The molecule has 1 heterocycles. The molecule has 3 nitrogen and oxygen atoms in total. The summed E-state index contributed by atoms with van der Waals surface area (Å²) in [7, 11) is 3.81. The second kappa shape index (κ2) is 6.02. The van der Waals surface area contributed by atoms with Crippen LogP contribution in [-0.2, 0) is 6.54 Å². The average Bonchev–Trinajstić information content (AvgIpc) is 2.53. The van der Waals surface area contributed by atoms with Crippen molar-refractivity contribution in [2.75, 3.05) is 24.3 Å². The van der Waals surface area contributed by atoms with Gasteiger partial charge in [0, 0.05) is 31.4 Å².